The fraction of sp³-hybridized carbons (Fsp3) is 0.176. The van der Waals surface area contributed by atoms with Gasteiger partial charge in [-0.1, -0.05) is 65.8 Å². The van der Waals surface area contributed by atoms with Crippen LogP contribution in [0.2, 0.25) is 0 Å². The standard InChI is InChI=1S/C17H18N2O2/c1-13(15-10-6-3-7-11-15)18-17(20)16(19-21)12-14-8-4-2-5-9-14/h2-11,13,21H,12H2,1H3,(H,18,20)/b19-16-. The largest absolute Gasteiger partial charge is 0.410 e. The van der Waals surface area contributed by atoms with Crippen LogP contribution >= 0.6 is 0 Å². The van der Waals surface area contributed by atoms with Gasteiger partial charge in [0.15, 0.2) is 0 Å². The Bertz CT molecular complexity index is 609. The van der Waals surface area contributed by atoms with Crippen LogP contribution < -0.4 is 5.32 Å². The van der Waals surface area contributed by atoms with Crippen LogP contribution in [0.4, 0.5) is 0 Å². The molecule has 0 radical (unpaired) electrons. The molecule has 1 amide bonds. The number of oxime groups is 1. The highest BCUT2D eigenvalue weighted by Gasteiger charge is 2.16. The summed E-state index contributed by atoms with van der Waals surface area (Å²) in [4.78, 5) is 12.2. The maximum absolute atomic E-state index is 12.2. The zero-order chi connectivity index (χ0) is 15.1. The lowest BCUT2D eigenvalue weighted by Crippen LogP contribution is -2.34. The molecule has 4 heteroatoms. The van der Waals surface area contributed by atoms with Crippen molar-refractivity contribution in [3.05, 3.63) is 71.8 Å². The van der Waals surface area contributed by atoms with Crippen LogP contribution in [0.25, 0.3) is 0 Å². The van der Waals surface area contributed by atoms with E-state index < -0.39 is 0 Å². The first-order valence-corrected chi connectivity index (χ1v) is 6.81. The van der Waals surface area contributed by atoms with Gasteiger partial charge in [0, 0.05) is 6.42 Å². The van der Waals surface area contributed by atoms with Gasteiger partial charge < -0.3 is 10.5 Å². The summed E-state index contributed by atoms with van der Waals surface area (Å²) >= 11 is 0. The average molecular weight is 282 g/mol. The summed E-state index contributed by atoms with van der Waals surface area (Å²) in [6, 6.07) is 18.9. The van der Waals surface area contributed by atoms with Crippen LogP contribution in [0, 0.1) is 0 Å². The molecule has 0 aliphatic carbocycles. The number of carbonyl (C=O) groups excluding carboxylic acids is 1. The van der Waals surface area contributed by atoms with E-state index in [9.17, 15) is 4.79 Å². The van der Waals surface area contributed by atoms with E-state index in [4.69, 9.17) is 5.21 Å². The van der Waals surface area contributed by atoms with Gasteiger partial charge in [-0.05, 0) is 18.1 Å². The molecule has 1 atom stereocenters. The summed E-state index contributed by atoms with van der Waals surface area (Å²) in [7, 11) is 0. The minimum absolute atomic E-state index is 0.101. The molecule has 108 valence electrons. The van der Waals surface area contributed by atoms with Gasteiger partial charge in [-0.3, -0.25) is 4.79 Å². The fourth-order valence-corrected chi connectivity index (χ4v) is 2.06. The van der Waals surface area contributed by atoms with Gasteiger partial charge in [0.25, 0.3) is 5.91 Å². The predicted octanol–water partition coefficient (Wildman–Crippen LogP) is 2.94. The Balaban J connectivity index is 2.01. The van der Waals surface area contributed by atoms with Crippen molar-refractivity contribution in [3.8, 4) is 0 Å². The minimum Gasteiger partial charge on any atom is -0.410 e. The maximum atomic E-state index is 12.2. The lowest BCUT2D eigenvalue weighted by molar-refractivity contribution is -0.115. The lowest BCUT2D eigenvalue weighted by atomic mass is 10.1. The molecule has 0 heterocycles. The van der Waals surface area contributed by atoms with Gasteiger partial charge in [-0.25, -0.2) is 0 Å². The van der Waals surface area contributed by atoms with Crippen molar-refractivity contribution in [1.82, 2.24) is 5.32 Å². The zero-order valence-corrected chi connectivity index (χ0v) is 11.9. The SMILES string of the molecule is CC(NC(=O)/C(Cc1ccccc1)=N\O)c1ccccc1. The molecule has 4 nitrogen and oxygen atoms in total. The first kappa shape index (κ1) is 14.8. The Kier molecular flexibility index (Phi) is 5.10. The van der Waals surface area contributed by atoms with E-state index in [2.05, 4.69) is 10.5 Å². The van der Waals surface area contributed by atoms with Crippen molar-refractivity contribution < 1.29 is 10.0 Å². The summed E-state index contributed by atoms with van der Waals surface area (Å²) in [5.41, 5.74) is 2.03. The smallest absolute Gasteiger partial charge is 0.269 e. The molecule has 2 aromatic rings. The van der Waals surface area contributed by atoms with Crippen LogP contribution in [0.3, 0.4) is 0 Å². The molecule has 0 bridgehead atoms. The van der Waals surface area contributed by atoms with E-state index in [0.717, 1.165) is 11.1 Å². The quantitative estimate of drug-likeness (QED) is 0.503. The molecule has 0 saturated carbocycles. The molecule has 2 aromatic carbocycles. The van der Waals surface area contributed by atoms with Gasteiger partial charge in [0.2, 0.25) is 0 Å². The number of carbonyl (C=O) groups is 1. The number of amides is 1. The molecule has 0 fully saturated rings. The molecule has 2 N–H and O–H groups in total. The number of rotatable bonds is 5. The van der Waals surface area contributed by atoms with Crippen LogP contribution in [-0.4, -0.2) is 16.8 Å². The van der Waals surface area contributed by atoms with Crippen molar-refractivity contribution in [1.29, 1.82) is 0 Å². The Hall–Kier alpha value is -2.62. The van der Waals surface area contributed by atoms with Gasteiger partial charge in [0.1, 0.15) is 5.71 Å². The molecular formula is C17H18N2O2. The van der Waals surface area contributed by atoms with Crippen LogP contribution in [0.1, 0.15) is 24.1 Å². The predicted molar refractivity (Wildman–Crippen MR) is 82.4 cm³/mol. The van der Waals surface area contributed by atoms with Crippen LogP contribution in [0.15, 0.2) is 65.8 Å². The van der Waals surface area contributed by atoms with E-state index in [-0.39, 0.29) is 17.7 Å². The number of hydrogen-bond donors (Lipinski definition) is 2. The molecule has 0 spiro atoms. The number of hydrogen-bond acceptors (Lipinski definition) is 3. The van der Waals surface area contributed by atoms with Crippen molar-refractivity contribution in [2.45, 2.75) is 19.4 Å². The lowest BCUT2D eigenvalue weighted by Gasteiger charge is -2.14. The second-order valence-electron chi connectivity index (χ2n) is 4.81. The van der Waals surface area contributed by atoms with Crippen molar-refractivity contribution >= 4 is 11.6 Å². The Morgan fingerprint density at radius 3 is 2.24 bits per heavy atom. The third-order valence-electron chi connectivity index (χ3n) is 3.24. The first-order chi connectivity index (χ1) is 10.2. The molecule has 0 saturated heterocycles. The highest BCUT2D eigenvalue weighted by molar-refractivity contribution is 6.39. The van der Waals surface area contributed by atoms with Gasteiger partial charge >= 0.3 is 0 Å². The highest BCUT2D eigenvalue weighted by Crippen LogP contribution is 2.11. The second kappa shape index (κ2) is 7.24. The summed E-state index contributed by atoms with van der Waals surface area (Å²) in [5, 5.41) is 15.0. The summed E-state index contributed by atoms with van der Waals surface area (Å²) in [6.07, 6.45) is 0.296. The molecule has 0 aliphatic rings. The molecule has 0 aromatic heterocycles. The Morgan fingerprint density at radius 2 is 1.67 bits per heavy atom. The third kappa shape index (κ3) is 4.18. The van der Waals surface area contributed by atoms with Crippen molar-refractivity contribution in [2.24, 2.45) is 5.16 Å². The highest BCUT2D eigenvalue weighted by atomic mass is 16.4. The summed E-state index contributed by atoms with van der Waals surface area (Å²) < 4.78 is 0. The van der Waals surface area contributed by atoms with Crippen LogP contribution in [0.5, 0.6) is 0 Å². The number of nitrogens with zero attached hydrogens (tertiary/aromatic N) is 1. The maximum Gasteiger partial charge on any atom is 0.269 e. The van der Waals surface area contributed by atoms with Crippen LogP contribution in [-0.2, 0) is 11.2 Å². The molecule has 2 rings (SSSR count). The normalized spacial score (nSPS) is 12.7. The first-order valence-electron chi connectivity index (χ1n) is 6.81. The van der Waals surface area contributed by atoms with E-state index >= 15 is 0 Å². The number of nitrogens with one attached hydrogen (secondary N) is 1. The second-order valence-corrected chi connectivity index (χ2v) is 4.81. The van der Waals surface area contributed by atoms with E-state index in [0.29, 0.717) is 6.42 Å². The Morgan fingerprint density at radius 1 is 1.10 bits per heavy atom. The summed E-state index contributed by atoms with van der Waals surface area (Å²) in [5.74, 6) is -0.363. The van der Waals surface area contributed by atoms with Gasteiger partial charge in [0.05, 0.1) is 6.04 Å². The van der Waals surface area contributed by atoms with E-state index in [1.54, 1.807) is 0 Å². The van der Waals surface area contributed by atoms with E-state index in [1.165, 1.54) is 0 Å². The van der Waals surface area contributed by atoms with Gasteiger partial charge in [-0.2, -0.15) is 0 Å². The van der Waals surface area contributed by atoms with E-state index in [1.807, 2.05) is 67.6 Å². The monoisotopic (exact) mass is 282 g/mol. The molecular weight excluding hydrogens is 264 g/mol. The topological polar surface area (TPSA) is 61.7 Å². The average Bonchev–Trinajstić information content (AvgIpc) is 2.54. The molecule has 1 unspecified atom stereocenters. The zero-order valence-electron chi connectivity index (χ0n) is 11.9. The summed E-state index contributed by atoms with van der Waals surface area (Å²) in [6.45, 7) is 1.89. The fourth-order valence-electron chi connectivity index (χ4n) is 2.06. The molecule has 21 heavy (non-hydrogen) atoms. The third-order valence-corrected chi connectivity index (χ3v) is 3.24. The minimum atomic E-state index is -0.363. The molecule has 0 aliphatic heterocycles. The van der Waals surface area contributed by atoms with Crippen molar-refractivity contribution in [2.75, 3.05) is 0 Å². The Labute approximate surface area is 124 Å². The van der Waals surface area contributed by atoms with Gasteiger partial charge in [-0.15, -0.1) is 0 Å². The van der Waals surface area contributed by atoms with Crippen molar-refractivity contribution in [3.63, 3.8) is 0 Å². The number of benzene rings is 2.